The standard InChI is InChI=1S/C13H17ClO.C7H12O2/c1-2-3-4-5-6-7-8-11-9-10-12(14)13(11)15;1-2-3-4-5-6-7(8)9/h3-4,8,10H,2,5-7,9H2,1H3;2-3H,4-6H2,1H3,(H,8,9)/b4-3-,11-8+;3-2-. The average Bonchev–Trinajstić information content (AvgIpc) is 2.87. The van der Waals surface area contributed by atoms with Gasteiger partial charge in [0, 0.05) is 12.0 Å². The zero-order valence-electron chi connectivity index (χ0n) is 14.8. The number of carbonyl (C=O) groups is 2. The van der Waals surface area contributed by atoms with Crippen LogP contribution in [0.3, 0.4) is 0 Å². The first-order valence-corrected chi connectivity index (χ1v) is 8.98. The summed E-state index contributed by atoms with van der Waals surface area (Å²) in [6.45, 7) is 4.06. The second-order valence-electron chi connectivity index (χ2n) is 5.48. The molecule has 0 heterocycles. The summed E-state index contributed by atoms with van der Waals surface area (Å²) in [4.78, 5) is 21.3. The summed E-state index contributed by atoms with van der Waals surface area (Å²) in [6.07, 6.45) is 19.0. The third-order valence-corrected chi connectivity index (χ3v) is 3.70. The molecule has 4 heteroatoms. The maximum absolute atomic E-state index is 11.4. The third kappa shape index (κ3) is 11.9. The summed E-state index contributed by atoms with van der Waals surface area (Å²) in [6, 6.07) is 0. The maximum atomic E-state index is 11.4. The Hall–Kier alpha value is -1.61. The average molecular weight is 353 g/mol. The normalized spacial score (nSPS) is 15.9. The molecule has 0 aliphatic heterocycles. The van der Waals surface area contributed by atoms with Crippen LogP contribution in [0, 0.1) is 0 Å². The van der Waals surface area contributed by atoms with E-state index in [0.717, 1.165) is 44.1 Å². The summed E-state index contributed by atoms with van der Waals surface area (Å²) in [5, 5.41) is 8.57. The number of unbranched alkanes of at least 4 members (excludes halogenated alkanes) is 3. The van der Waals surface area contributed by atoms with E-state index in [2.05, 4.69) is 19.1 Å². The second-order valence-corrected chi connectivity index (χ2v) is 5.89. The molecule has 0 saturated heterocycles. The molecule has 0 atom stereocenters. The van der Waals surface area contributed by atoms with Gasteiger partial charge in [-0.05, 0) is 51.9 Å². The quantitative estimate of drug-likeness (QED) is 0.316. The van der Waals surface area contributed by atoms with E-state index in [-0.39, 0.29) is 12.2 Å². The van der Waals surface area contributed by atoms with Gasteiger partial charge in [-0.25, -0.2) is 0 Å². The molecule has 0 bridgehead atoms. The van der Waals surface area contributed by atoms with Crippen LogP contribution in [-0.4, -0.2) is 16.9 Å². The fourth-order valence-corrected chi connectivity index (χ4v) is 2.25. The second kappa shape index (κ2) is 14.9. The molecule has 1 aliphatic carbocycles. The third-order valence-electron chi connectivity index (χ3n) is 3.37. The van der Waals surface area contributed by atoms with E-state index in [1.807, 2.05) is 25.2 Å². The Morgan fingerprint density at radius 2 is 1.92 bits per heavy atom. The zero-order valence-corrected chi connectivity index (χ0v) is 15.5. The highest BCUT2D eigenvalue weighted by Crippen LogP contribution is 2.23. The molecule has 3 nitrogen and oxygen atoms in total. The molecular formula is C20H29ClO3. The Morgan fingerprint density at radius 3 is 2.46 bits per heavy atom. The number of ketones is 1. The van der Waals surface area contributed by atoms with Gasteiger partial charge in [0.2, 0.25) is 0 Å². The van der Waals surface area contributed by atoms with Crippen molar-refractivity contribution in [1.82, 2.24) is 0 Å². The van der Waals surface area contributed by atoms with Gasteiger partial charge in [0.05, 0.1) is 5.03 Å². The molecule has 1 rings (SSSR count). The largest absolute Gasteiger partial charge is 0.481 e. The molecule has 0 unspecified atom stereocenters. The van der Waals surface area contributed by atoms with Crippen molar-refractivity contribution in [2.75, 3.05) is 0 Å². The predicted molar refractivity (Wildman–Crippen MR) is 101 cm³/mol. The van der Waals surface area contributed by atoms with Gasteiger partial charge in [0.15, 0.2) is 5.78 Å². The number of aliphatic carboxylic acids is 1. The number of halogens is 1. The fourth-order valence-electron chi connectivity index (χ4n) is 2.05. The molecule has 0 spiro atoms. The summed E-state index contributed by atoms with van der Waals surface area (Å²) >= 11 is 5.70. The van der Waals surface area contributed by atoms with Crippen molar-refractivity contribution in [3.63, 3.8) is 0 Å². The van der Waals surface area contributed by atoms with Crippen molar-refractivity contribution in [2.45, 2.75) is 65.2 Å². The minimum Gasteiger partial charge on any atom is -0.481 e. The monoisotopic (exact) mass is 352 g/mol. The molecule has 0 fully saturated rings. The van der Waals surface area contributed by atoms with Crippen molar-refractivity contribution in [3.05, 3.63) is 47.1 Å². The highest BCUT2D eigenvalue weighted by molar-refractivity contribution is 6.46. The van der Waals surface area contributed by atoms with E-state index in [9.17, 15) is 9.59 Å². The van der Waals surface area contributed by atoms with Crippen LogP contribution < -0.4 is 0 Å². The van der Waals surface area contributed by atoms with E-state index in [0.29, 0.717) is 11.5 Å². The van der Waals surface area contributed by atoms with Crippen LogP contribution >= 0.6 is 11.6 Å². The number of hydrogen-bond donors (Lipinski definition) is 1. The number of hydrogen-bond acceptors (Lipinski definition) is 2. The molecule has 0 radical (unpaired) electrons. The summed E-state index contributed by atoms with van der Waals surface area (Å²) < 4.78 is 0. The molecule has 0 aromatic rings. The molecule has 0 aromatic carbocycles. The number of carbonyl (C=O) groups excluding carboxylic acids is 1. The molecule has 0 amide bonds. The first kappa shape index (κ1) is 22.4. The Labute approximate surface area is 150 Å². The molecular weight excluding hydrogens is 324 g/mol. The fraction of sp³-hybridized carbons (Fsp3) is 0.500. The van der Waals surface area contributed by atoms with E-state index in [1.54, 1.807) is 6.08 Å². The van der Waals surface area contributed by atoms with Gasteiger partial charge < -0.3 is 5.11 Å². The van der Waals surface area contributed by atoms with E-state index in [4.69, 9.17) is 16.7 Å². The molecule has 24 heavy (non-hydrogen) atoms. The number of allylic oxidation sites excluding steroid dienone is 8. The Morgan fingerprint density at radius 1 is 1.21 bits per heavy atom. The molecule has 1 aliphatic rings. The van der Waals surface area contributed by atoms with Crippen molar-refractivity contribution < 1.29 is 14.7 Å². The summed E-state index contributed by atoms with van der Waals surface area (Å²) in [5.41, 5.74) is 0.861. The SMILES string of the molecule is C/C=C\CCCC(=O)O.CC/C=C\CCC/C=C1\CC=C(Cl)C1=O. The van der Waals surface area contributed by atoms with Crippen LogP contribution in [0.1, 0.15) is 65.2 Å². The highest BCUT2D eigenvalue weighted by atomic mass is 35.5. The van der Waals surface area contributed by atoms with E-state index in [1.165, 1.54) is 0 Å². The number of rotatable bonds is 9. The van der Waals surface area contributed by atoms with Crippen LogP contribution in [-0.2, 0) is 9.59 Å². The molecule has 0 saturated carbocycles. The van der Waals surface area contributed by atoms with Gasteiger partial charge in [0.25, 0.3) is 0 Å². The van der Waals surface area contributed by atoms with Crippen LogP contribution in [0.15, 0.2) is 47.1 Å². The topological polar surface area (TPSA) is 54.4 Å². The van der Waals surface area contributed by atoms with Crippen molar-refractivity contribution in [1.29, 1.82) is 0 Å². The Balaban J connectivity index is 0.000000506. The van der Waals surface area contributed by atoms with Gasteiger partial charge in [0.1, 0.15) is 0 Å². The van der Waals surface area contributed by atoms with Gasteiger partial charge in [-0.15, -0.1) is 0 Å². The van der Waals surface area contributed by atoms with Gasteiger partial charge >= 0.3 is 5.97 Å². The Bertz CT molecular complexity index is 499. The van der Waals surface area contributed by atoms with Gasteiger partial charge in [-0.3, -0.25) is 9.59 Å². The highest BCUT2D eigenvalue weighted by Gasteiger charge is 2.17. The van der Waals surface area contributed by atoms with Crippen LogP contribution in [0.4, 0.5) is 0 Å². The zero-order chi connectivity index (χ0) is 18.2. The van der Waals surface area contributed by atoms with Crippen molar-refractivity contribution in [2.24, 2.45) is 0 Å². The van der Waals surface area contributed by atoms with Crippen LogP contribution in [0.2, 0.25) is 0 Å². The van der Waals surface area contributed by atoms with E-state index >= 15 is 0 Å². The lowest BCUT2D eigenvalue weighted by Crippen LogP contribution is -1.94. The Kier molecular flexibility index (Phi) is 13.9. The molecule has 0 aromatic heterocycles. The van der Waals surface area contributed by atoms with Crippen LogP contribution in [0.5, 0.6) is 0 Å². The smallest absolute Gasteiger partial charge is 0.303 e. The minimum absolute atomic E-state index is 0.0146. The van der Waals surface area contributed by atoms with Crippen LogP contribution in [0.25, 0.3) is 0 Å². The lowest BCUT2D eigenvalue weighted by Gasteiger charge is -1.95. The summed E-state index contributed by atoms with van der Waals surface area (Å²) in [5.74, 6) is -0.694. The maximum Gasteiger partial charge on any atom is 0.303 e. The number of carboxylic acid groups (broad SMARTS) is 1. The van der Waals surface area contributed by atoms with Gasteiger partial charge in [-0.1, -0.05) is 55.0 Å². The summed E-state index contributed by atoms with van der Waals surface area (Å²) in [7, 11) is 0. The lowest BCUT2D eigenvalue weighted by molar-refractivity contribution is -0.137. The first-order valence-electron chi connectivity index (χ1n) is 8.60. The van der Waals surface area contributed by atoms with Crippen molar-refractivity contribution in [3.8, 4) is 0 Å². The molecule has 1 N–H and O–H groups in total. The first-order chi connectivity index (χ1) is 11.5. The number of carboxylic acids is 1. The predicted octanol–water partition coefficient (Wildman–Crippen LogP) is 5.96. The molecule has 134 valence electrons. The van der Waals surface area contributed by atoms with Crippen molar-refractivity contribution >= 4 is 23.4 Å². The number of Topliss-reactive ketones (excluding diaryl/α,β-unsaturated/α-hetero) is 1. The van der Waals surface area contributed by atoms with Gasteiger partial charge in [-0.2, -0.15) is 0 Å². The van der Waals surface area contributed by atoms with E-state index < -0.39 is 5.97 Å². The lowest BCUT2D eigenvalue weighted by atomic mass is 10.1. The minimum atomic E-state index is -0.709.